The number of rotatable bonds is 2. The normalized spacial score (nSPS) is 14.6. The molecule has 19 heavy (non-hydrogen) atoms. The third-order valence-electron chi connectivity index (χ3n) is 3.05. The van der Waals surface area contributed by atoms with Crippen LogP contribution in [0.4, 0.5) is 0 Å². The maximum absolute atomic E-state index is 12.0. The molecule has 1 aromatic rings. The molecule has 0 saturated carbocycles. The van der Waals surface area contributed by atoms with Crippen molar-refractivity contribution < 1.29 is 29.6 Å². The van der Waals surface area contributed by atoms with E-state index in [2.05, 4.69) is 0 Å². The molecule has 0 spiro atoms. The van der Waals surface area contributed by atoms with Gasteiger partial charge in [-0.2, -0.15) is 0 Å². The number of phenols is 2. The summed E-state index contributed by atoms with van der Waals surface area (Å²) in [5.74, 6) is -3.51. The summed E-state index contributed by atoms with van der Waals surface area (Å²) >= 11 is 0. The molecule has 1 aliphatic rings. The number of carbonyl (C=O) groups is 2. The van der Waals surface area contributed by atoms with Crippen LogP contribution in [0.5, 0.6) is 17.2 Å². The summed E-state index contributed by atoms with van der Waals surface area (Å²) in [6.45, 7) is 1.60. The molecular weight excluding hydrogens is 252 g/mol. The van der Waals surface area contributed by atoms with Crippen molar-refractivity contribution in [1.29, 1.82) is 0 Å². The quantitative estimate of drug-likeness (QED) is 0.553. The van der Waals surface area contributed by atoms with Crippen LogP contribution in [0.15, 0.2) is 11.6 Å². The number of ketones is 2. The standard InChI is InChI=1S/C13H12O6/c1-3-5-10(15)8-6(14)4-7(19-2)12(17)9(8)13(18)11(5)16/h4,14-15,17H,3H2,1-2H3. The van der Waals surface area contributed by atoms with Crippen LogP contribution in [0.25, 0.3) is 5.76 Å². The summed E-state index contributed by atoms with van der Waals surface area (Å²) in [5, 5.41) is 29.7. The number of hydrogen-bond donors (Lipinski definition) is 3. The van der Waals surface area contributed by atoms with Crippen molar-refractivity contribution in [2.75, 3.05) is 7.11 Å². The highest BCUT2D eigenvalue weighted by Gasteiger charge is 2.37. The Balaban J connectivity index is 2.89. The fraction of sp³-hybridized carbons (Fsp3) is 0.231. The number of benzene rings is 1. The number of aromatic hydroxyl groups is 2. The van der Waals surface area contributed by atoms with Gasteiger partial charge in [0.15, 0.2) is 11.5 Å². The van der Waals surface area contributed by atoms with E-state index in [1.807, 2.05) is 0 Å². The minimum atomic E-state index is -0.976. The molecule has 0 bridgehead atoms. The minimum absolute atomic E-state index is 0.0858. The average Bonchev–Trinajstić information content (AvgIpc) is 2.38. The molecule has 6 nitrogen and oxygen atoms in total. The Hall–Kier alpha value is -2.50. The van der Waals surface area contributed by atoms with E-state index in [1.54, 1.807) is 6.92 Å². The van der Waals surface area contributed by atoms with E-state index >= 15 is 0 Å². The van der Waals surface area contributed by atoms with Crippen molar-refractivity contribution in [3.05, 3.63) is 22.8 Å². The van der Waals surface area contributed by atoms with Crippen LogP contribution in [0.3, 0.4) is 0 Å². The first-order valence-corrected chi connectivity index (χ1v) is 5.58. The summed E-state index contributed by atoms with van der Waals surface area (Å²) in [6.07, 6.45) is 0.141. The lowest BCUT2D eigenvalue weighted by atomic mass is 9.86. The third-order valence-corrected chi connectivity index (χ3v) is 3.05. The van der Waals surface area contributed by atoms with Crippen LogP contribution >= 0.6 is 0 Å². The van der Waals surface area contributed by atoms with Crippen LogP contribution in [-0.2, 0) is 4.79 Å². The Labute approximate surface area is 108 Å². The molecule has 0 atom stereocenters. The first-order chi connectivity index (χ1) is 8.93. The maximum atomic E-state index is 12.0. The second-order valence-electron chi connectivity index (χ2n) is 4.04. The summed E-state index contributed by atoms with van der Waals surface area (Å²) in [5.41, 5.74) is -0.756. The Kier molecular flexibility index (Phi) is 2.94. The Morgan fingerprint density at radius 1 is 1.11 bits per heavy atom. The van der Waals surface area contributed by atoms with Gasteiger partial charge in [0.05, 0.1) is 18.2 Å². The second-order valence-corrected chi connectivity index (χ2v) is 4.04. The van der Waals surface area contributed by atoms with Crippen molar-refractivity contribution in [3.8, 4) is 17.2 Å². The van der Waals surface area contributed by atoms with Gasteiger partial charge in [0.1, 0.15) is 11.5 Å². The van der Waals surface area contributed by atoms with Crippen molar-refractivity contribution in [1.82, 2.24) is 0 Å². The molecule has 0 amide bonds. The van der Waals surface area contributed by atoms with Crippen LogP contribution in [0, 0.1) is 0 Å². The molecule has 0 radical (unpaired) electrons. The van der Waals surface area contributed by atoms with E-state index in [0.29, 0.717) is 0 Å². The van der Waals surface area contributed by atoms with E-state index in [1.165, 1.54) is 7.11 Å². The highest BCUT2D eigenvalue weighted by atomic mass is 16.5. The molecule has 100 valence electrons. The third kappa shape index (κ3) is 1.64. The van der Waals surface area contributed by atoms with Gasteiger partial charge in [-0.3, -0.25) is 9.59 Å². The van der Waals surface area contributed by atoms with Crippen molar-refractivity contribution in [3.63, 3.8) is 0 Å². The lowest BCUT2D eigenvalue weighted by molar-refractivity contribution is -0.112. The van der Waals surface area contributed by atoms with Crippen LogP contribution in [0.2, 0.25) is 0 Å². The monoisotopic (exact) mass is 264 g/mol. The summed E-state index contributed by atoms with van der Waals surface area (Å²) in [6, 6.07) is 1.07. The van der Waals surface area contributed by atoms with Gasteiger partial charge >= 0.3 is 0 Å². The number of phenolic OH excluding ortho intramolecular Hbond substituents is 2. The van der Waals surface area contributed by atoms with Gasteiger partial charge in [-0.25, -0.2) is 0 Å². The number of hydrogen-bond acceptors (Lipinski definition) is 6. The SMILES string of the molecule is CCC1=C(O)c2c(O)cc(OC)c(O)c2C(=O)C1=O. The van der Waals surface area contributed by atoms with Crippen molar-refractivity contribution in [2.45, 2.75) is 13.3 Å². The molecule has 1 aliphatic carbocycles. The lowest BCUT2D eigenvalue weighted by Gasteiger charge is -2.20. The van der Waals surface area contributed by atoms with Crippen LogP contribution in [-0.4, -0.2) is 34.0 Å². The van der Waals surface area contributed by atoms with Gasteiger partial charge in [-0.1, -0.05) is 6.92 Å². The summed E-state index contributed by atoms with van der Waals surface area (Å²) in [4.78, 5) is 23.7. The van der Waals surface area contributed by atoms with E-state index in [4.69, 9.17) is 4.74 Å². The van der Waals surface area contributed by atoms with Crippen molar-refractivity contribution in [2.24, 2.45) is 0 Å². The highest BCUT2D eigenvalue weighted by Crippen LogP contribution is 2.44. The van der Waals surface area contributed by atoms with E-state index in [-0.39, 0.29) is 23.3 Å². The Morgan fingerprint density at radius 2 is 1.74 bits per heavy atom. The number of Topliss-reactive ketones (excluding diaryl/α,β-unsaturated/α-hetero) is 2. The molecule has 3 N–H and O–H groups in total. The van der Waals surface area contributed by atoms with Gasteiger partial charge in [0.2, 0.25) is 11.6 Å². The Bertz CT molecular complexity index is 627. The zero-order valence-corrected chi connectivity index (χ0v) is 10.4. The molecule has 0 aromatic heterocycles. The second kappa shape index (κ2) is 4.31. The van der Waals surface area contributed by atoms with Gasteiger partial charge in [0, 0.05) is 11.6 Å². The van der Waals surface area contributed by atoms with Crippen LogP contribution in [0.1, 0.15) is 29.3 Å². The number of ether oxygens (including phenoxy) is 1. The smallest absolute Gasteiger partial charge is 0.238 e. The average molecular weight is 264 g/mol. The first-order valence-electron chi connectivity index (χ1n) is 5.58. The molecule has 0 heterocycles. The summed E-state index contributed by atoms with van der Waals surface area (Å²) in [7, 11) is 1.24. The number of fused-ring (bicyclic) bond motifs is 1. The molecule has 6 heteroatoms. The summed E-state index contributed by atoms with van der Waals surface area (Å²) < 4.78 is 4.79. The number of methoxy groups -OCH3 is 1. The molecule has 0 unspecified atom stereocenters. The van der Waals surface area contributed by atoms with Crippen LogP contribution < -0.4 is 4.74 Å². The number of carbonyl (C=O) groups excluding carboxylic acids is 2. The fourth-order valence-electron chi connectivity index (χ4n) is 2.09. The lowest BCUT2D eigenvalue weighted by Crippen LogP contribution is -2.24. The predicted molar refractivity (Wildman–Crippen MR) is 65.5 cm³/mol. The van der Waals surface area contributed by atoms with Gasteiger partial charge in [0.25, 0.3) is 0 Å². The number of allylic oxidation sites excluding steroid dienone is 1. The molecule has 0 aliphatic heterocycles. The zero-order valence-electron chi connectivity index (χ0n) is 10.4. The number of aliphatic hydroxyl groups excluding tert-OH is 1. The maximum Gasteiger partial charge on any atom is 0.238 e. The zero-order chi connectivity index (χ0) is 14.3. The largest absolute Gasteiger partial charge is 0.507 e. The highest BCUT2D eigenvalue weighted by molar-refractivity contribution is 6.52. The predicted octanol–water partition coefficient (Wildman–Crippen LogP) is 1.55. The van der Waals surface area contributed by atoms with E-state index < -0.39 is 34.4 Å². The number of aliphatic hydroxyl groups is 1. The van der Waals surface area contributed by atoms with E-state index in [9.17, 15) is 24.9 Å². The molecule has 0 saturated heterocycles. The van der Waals surface area contributed by atoms with Gasteiger partial charge in [-0.05, 0) is 6.42 Å². The molecule has 0 fully saturated rings. The fourth-order valence-corrected chi connectivity index (χ4v) is 2.09. The first kappa shape index (κ1) is 12.9. The molecule has 2 rings (SSSR count). The van der Waals surface area contributed by atoms with Crippen molar-refractivity contribution >= 4 is 17.3 Å². The Morgan fingerprint density at radius 3 is 2.26 bits per heavy atom. The van der Waals surface area contributed by atoms with E-state index in [0.717, 1.165) is 6.07 Å². The molecule has 1 aromatic carbocycles. The topological polar surface area (TPSA) is 104 Å². The minimum Gasteiger partial charge on any atom is -0.507 e. The van der Waals surface area contributed by atoms with Gasteiger partial charge < -0.3 is 20.1 Å². The van der Waals surface area contributed by atoms with Gasteiger partial charge in [-0.15, -0.1) is 0 Å². The molecular formula is C13H12O6.